The van der Waals surface area contributed by atoms with Crippen LogP contribution in [0.15, 0.2) is 30.3 Å². The van der Waals surface area contributed by atoms with E-state index in [1.165, 1.54) is 11.3 Å². The van der Waals surface area contributed by atoms with Crippen LogP contribution in [-0.4, -0.2) is 23.0 Å². The SMILES string of the molecule is Cc1nc(-c2ccccc2)sc1C(=O)NC(C)(CN)C1CC1.Cl.Cl. The third-order valence-electron chi connectivity index (χ3n) is 4.33. The molecule has 24 heavy (non-hydrogen) atoms. The number of benzene rings is 1. The third kappa shape index (κ3) is 4.28. The number of amides is 1. The summed E-state index contributed by atoms with van der Waals surface area (Å²) in [6.07, 6.45) is 2.29. The van der Waals surface area contributed by atoms with Crippen molar-refractivity contribution in [3.63, 3.8) is 0 Å². The molecule has 1 fully saturated rings. The average molecular weight is 388 g/mol. The predicted octanol–water partition coefficient (Wildman–Crippen LogP) is 3.82. The van der Waals surface area contributed by atoms with Gasteiger partial charge in [0, 0.05) is 12.1 Å². The zero-order valence-electron chi connectivity index (χ0n) is 13.7. The molecule has 132 valence electrons. The van der Waals surface area contributed by atoms with Crippen LogP contribution in [0, 0.1) is 12.8 Å². The molecule has 0 bridgehead atoms. The molecule has 1 aromatic heterocycles. The van der Waals surface area contributed by atoms with Gasteiger partial charge in [0.1, 0.15) is 9.88 Å². The Morgan fingerprint density at radius 1 is 1.33 bits per heavy atom. The summed E-state index contributed by atoms with van der Waals surface area (Å²) in [4.78, 5) is 17.8. The van der Waals surface area contributed by atoms with Crippen LogP contribution in [-0.2, 0) is 0 Å². The summed E-state index contributed by atoms with van der Waals surface area (Å²) in [6, 6.07) is 9.94. The second-order valence-electron chi connectivity index (χ2n) is 6.15. The van der Waals surface area contributed by atoms with Crippen LogP contribution in [0.3, 0.4) is 0 Å². The Labute approximate surface area is 159 Å². The van der Waals surface area contributed by atoms with Gasteiger partial charge >= 0.3 is 0 Å². The molecular formula is C17H23Cl2N3OS. The Balaban J connectivity index is 0.00000144. The summed E-state index contributed by atoms with van der Waals surface area (Å²) in [5.41, 5.74) is 7.39. The second-order valence-corrected chi connectivity index (χ2v) is 7.15. The molecule has 1 aliphatic carbocycles. The number of hydrogen-bond acceptors (Lipinski definition) is 4. The van der Waals surface area contributed by atoms with Crippen LogP contribution in [0.4, 0.5) is 0 Å². The normalized spacial score (nSPS) is 15.6. The van der Waals surface area contributed by atoms with Crippen LogP contribution < -0.4 is 11.1 Å². The molecule has 0 radical (unpaired) electrons. The van der Waals surface area contributed by atoms with Gasteiger partial charge in [0.25, 0.3) is 5.91 Å². The Hall–Kier alpha value is -1.14. The summed E-state index contributed by atoms with van der Waals surface area (Å²) in [5.74, 6) is 0.445. The lowest BCUT2D eigenvalue weighted by molar-refractivity contribution is 0.0901. The van der Waals surface area contributed by atoms with Gasteiger partial charge in [-0.1, -0.05) is 30.3 Å². The van der Waals surface area contributed by atoms with Gasteiger partial charge in [0.15, 0.2) is 0 Å². The molecule has 3 rings (SSSR count). The van der Waals surface area contributed by atoms with E-state index in [1.807, 2.05) is 44.2 Å². The maximum atomic E-state index is 12.6. The molecule has 1 unspecified atom stereocenters. The highest BCUT2D eigenvalue weighted by Gasteiger charge is 2.42. The van der Waals surface area contributed by atoms with Gasteiger partial charge in [-0.15, -0.1) is 36.2 Å². The first kappa shape index (κ1) is 20.9. The van der Waals surface area contributed by atoms with Crippen molar-refractivity contribution < 1.29 is 4.79 Å². The van der Waals surface area contributed by atoms with Crippen molar-refractivity contribution in [2.24, 2.45) is 11.7 Å². The minimum absolute atomic E-state index is 0. The molecule has 4 nitrogen and oxygen atoms in total. The molecule has 0 aliphatic heterocycles. The highest BCUT2D eigenvalue weighted by molar-refractivity contribution is 7.17. The van der Waals surface area contributed by atoms with Crippen molar-refractivity contribution >= 4 is 42.1 Å². The monoisotopic (exact) mass is 387 g/mol. The minimum Gasteiger partial charge on any atom is -0.345 e. The number of hydrogen-bond donors (Lipinski definition) is 2. The number of carbonyl (C=O) groups excluding carboxylic acids is 1. The molecule has 2 aromatic rings. The first-order chi connectivity index (χ1) is 10.5. The summed E-state index contributed by atoms with van der Waals surface area (Å²) in [7, 11) is 0. The number of aryl methyl sites for hydroxylation is 1. The summed E-state index contributed by atoms with van der Waals surface area (Å²) in [5, 5.41) is 4.01. The molecule has 7 heteroatoms. The maximum absolute atomic E-state index is 12.6. The Bertz CT molecular complexity index is 688. The smallest absolute Gasteiger partial charge is 0.263 e. The number of thiazole rings is 1. The lowest BCUT2D eigenvalue weighted by Gasteiger charge is -2.29. The molecule has 1 amide bonds. The fourth-order valence-corrected chi connectivity index (χ4v) is 3.63. The topological polar surface area (TPSA) is 68.0 Å². The Morgan fingerprint density at radius 3 is 2.50 bits per heavy atom. The van der Waals surface area contributed by atoms with E-state index < -0.39 is 0 Å². The van der Waals surface area contributed by atoms with Crippen molar-refractivity contribution in [1.82, 2.24) is 10.3 Å². The average Bonchev–Trinajstić information content (AvgIpc) is 3.31. The van der Waals surface area contributed by atoms with E-state index in [-0.39, 0.29) is 36.3 Å². The summed E-state index contributed by atoms with van der Waals surface area (Å²) < 4.78 is 0. The van der Waals surface area contributed by atoms with Gasteiger partial charge in [0.2, 0.25) is 0 Å². The molecular weight excluding hydrogens is 365 g/mol. The number of halogens is 2. The first-order valence-electron chi connectivity index (χ1n) is 7.59. The molecule has 1 aromatic carbocycles. The highest BCUT2D eigenvalue weighted by Crippen LogP contribution is 2.39. The fraction of sp³-hybridized carbons (Fsp3) is 0.412. The number of aromatic nitrogens is 1. The number of nitrogens with one attached hydrogen (secondary N) is 1. The van der Waals surface area contributed by atoms with Crippen molar-refractivity contribution in [3.8, 4) is 10.6 Å². The van der Waals surface area contributed by atoms with Crippen LogP contribution in [0.25, 0.3) is 10.6 Å². The van der Waals surface area contributed by atoms with Crippen LogP contribution in [0.1, 0.15) is 35.1 Å². The fourth-order valence-electron chi connectivity index (χ4n) is 2.67. The van der Waals surface area contributed by atoms with E-state index in [1.54, 1.807) is 0 Å². The van der Waals surface area contributed by atoms with Crippen LogP contribution >= 0.6 is 36.2 Å². The summed E-state index contributed by atoms with van der Waals surface area (Å²) in [6.45, 7) is 4.39. The van der Waals surface area contributed by atoms with E-state index in [4.69, 9.17) is 5.73 Å². The minimum atomic E-state index is -0.305. The van der Waals surface area contributed by atoms with Gasteiger partial charge in [-0.2, -0.15) is 0 Å². The second kappa shape index (κ2) is 8.30. The van der Waals surface area contributed by atoms with E-state index in [9.17, 15) is 4.79 Å². The highest BCUT2D eigenvalue weighted by atomic mass is 35.5. The van der Waals surface area contributed by atoms with Crippen molar-refractivity contribution in [3.05, 3.63) is 40.9 Å². The molecule has 0 saturated heterocycles. The lowest BCUT2D eigenvalue weighted by atomic mass is 9.96. The lowest BCUT2D eigenvalue weighted by Crippen LogP contribution is -2.53. The number of rotatable bonds is 5. The van der Waals surface area contributed by atoms with E-state index >= 15 is 0 Å². The van der Waals surface area contributed by atoms with Gasteiger partial charge in [0.05, 0.1) is 11.2 Å². The largest absolute Gasteiger partial charge is 0.345 e. The zero-order valence-corrected chi connectivity index (χ0v) is 16.2. The molecule has 0 spiro atoms. The quantitative estimate of drug-likeness (QED) is 0.818. The maximum Gasteiger partial charge on any atom is 0.263 e. The van der Waals surface area contributed by atoms with Crippen LogP contribution in [0.2, 0.25) is 0 Å². The zero-order chi connectivity index (χ0) is 15.7. The van der Waals surface area contributed by atoms with Gasteiger partial charge in [-0.25, -0.2) is 4.98 Å². The standard InChI is InChI=1S/C17H21N3OS.2ClH/c1-11-14(15(21)20-17(2,10-18)13-8-9-13)22-16(19-11)12-6-4-3-5-7-12;;/h3-7,13H,8-10,18H2,1-2H3,(H,20,21);2*1H. The molecule has 1 atom stereocenters. The van der Waals surface area contributed by atoms with Gasteiger partial charge in [-0.3, -0.25) is 4.79 Å². The number of nitrogens with two attached hydrogens (primary N) is 1. The van der Waals surface area contributed by atoms with Crippen LogP contribution in [0.5, 0.6) is 0 Å². The predicted molar refractivity (Wildman–Crippen MR) is 104 cm³/mol. The van der Waals surface area contributed by atoms with Crippen molar-refractivity contribution in [2.75, 3.05) is 6.54 Å². The molecule has 1 saturated carbocycles. The third-order valence-corrected chi connectivity index (χ3v) is 5.53. The summed E-state index contributed by atoms with van der Waals surface area (Å²) >= 11 is 1.44. The molecule has 1 heterocycles. The van der Waals surface area contributed by atoms with E-state index in [0.29, 0.717) is 17.3 Å². The number of nitrogens with zero attached hydrogens (tertiary/aromatic N) is 1. The van der Waals surface area contributed by atoms with Crippen molar-refractivity contribution in [2.45, 2.75) is 32.2 Å². The molecule has 1 aliphatic rings. The van der Waals surface area contributed by atoms with E-state index in [2.05, 4.69) is 10.3 Å². The first-order valence-corrected chi connectivity index (χ1v) is 8.40. The van der Waals surface area contributed by atoms with Gasteiger partial charge in [-0.05, 0) is 32.6 Å². The molecule has 3 N–H and O–H groups in total. The Kier molecular flexibility index (Phi) is 7.23. The van der Waals surface area contributed by atoms with E-state index in [0.717, 1.165) is 29.1 Å². The van der Waals surface area contributed by atoms with Gasteiger partial charge < -0.3 is 11.1 Å². The Morgan fingerprint density at radius 2 is 1.96 bits per heavy atom. The number of carbonyl (C=O) groups is 1. The van der Waals surface area contributed by atoms with Crippen molar-refractivity contribution in [1.29, 1.82) is 0 Å².